The van der Waals surface area contributed by atoms with E-state index in [1.807, 2.05) is 66.2 Å². The quantitative estimate of drug-likeness (QED) is 0.458. The molecule has 0 saturated carbocycles. The second kappa shape index (κ2) is 12.0. The summed E-state index contributed by atoms with van der Waals surface area (Å²) in [7, 11) is 6.11. The first-order chi connectivity index (χ1) is 17.5. The lowest BCUT2D eigenvalue weighted by molar-refractivity contribution is 0.0296. The van der Waals surface area contributed by atoms with Crippen molar-refractivity contribution in [2.45, 2.75) is 26.1 Å². The molecule has 2 heterocycles. The predicted octanol–water partition coefficient (Wildman–Crippen LogP) is 4.21. The summed E-state index contributed by atoms with van der Waals surface area (Å²) < 4.78 is 6.40. The van der Waals surface area contributed by atoms with E-state index in [1.54, 1.807) is 6.20 Å². The summed E-state index contributed by atoms with van der Waals surface area (Å²) in [6.45, 7) is 5.34. The summed E-state index contributed by atoms with van der Waals surface area (Å²) in [5, 5.41) is 3.12. The van der Waals surface area contributed by atoms with E-state index < -0.39 is 0 Å². The number of aromatic nitrogens is 2. The zero-order valence-corrected chi connectivity index (χ0v) is 21.6. The maximum Gasteiger partial charge on any atom is 0.263 e. The van der Waals surface area contributed by atoms with E-state index >= 15 is 0 Å². The van der Waals surface area contributed by atoms with Crippen molar-refractivity contribution in [3.8, 4) is 0 Å². The Labute approximate surface area is 213 Å². The smallest absolute Gasteiger partial charge is 0.263 e. The van der Waals surface area contributed by atoms with E-state index in [0.29, 0.717) is 37.0 Å². The molecule has 0 radical (unpaired) electrons. The first kappa shape index (κ1) is 25.6. The van der Waals surface area contributed by atoms with Crippen LogP contribution in [0.25, 0.3) is 0 Å². The van der Waals surface area contributed by atoms with Crippen LogP contribution in [0, 0.1) is 0 Å². The van der Waals surface area contributed by atoms with Gasteiger partial charge in [-0.05, 0) is 50.7 Å². The van der Waals surface area contributed by atoms with E-state index in [4.69, 9.17) is 4.74 Å². The summed E-state index contributed by atoms with van der Waals surface area (Å²) in [4.78, 5) is 28.4. The highest BCUT2D eigenvalue weighted by molar-refractivity contribution is 6.09. The maximum atomic E-state index is 13.5. The van der Waals surface area contributed by atoms with Crippen LogP contribution in [0.5, 0.6) is 0 Å². The minimum atomic E-state index is -0.0939. The number of anilines is 3. The van der Waals surface area contributed by atoms with Crippen LogP contribution in [0.1, 0.15) is 40.9 Å². The third-order valence-corrected chi connectivity index (χ3v) is 6.28. The van der Waals surface area contributed by atoms with Crippen molar-refractivity contribution in [3.63, 3.8) is 0 Å². The second-order valence-corrected chi connectivity index (χ2v) is 9.31. The van der Waals surface area contributed by atoms with Crippen molar-refractivity contribution in [3.05, 3.63) is 77.5 Å². The van der Waals surface area contributed by atoms with Crippen LogP contribution in [-0.2, 0) is 11.3 Å². The van der Waals surface area contributed by atoms with Gasteiger partial charge in [0, 0.05) is 45.1 Å². The average Bonchev–Trinajstić information content (AvgIpc) is 3.01. The van der Waals surface area contributed by atoms with Crippen molar-refractivity contribution >= 4 is 23.4 Å². The number of hydrogen-bond donors (Lipinski definition) is 1. The van der Waals surface area contributed by atoms with Gasteiger partial charge in [0.2, 0.25) is 5.95 Å². The zero-order chi connectivity index (χ0) is 25.5. The van der Waals surface area contributed by atoms with E-state index in [0.717, 1.165) is 30.8 Å². The number of ether oxygens (including phenoxy) is 1. The fraction of sp³-hybridized carbons (Fsp3) is 0.393. The number of rotatable bonds is 10. The first-order valence-corrected chi connectivity index (χ1v) is 12.5. The third kappa shape index (κ3) is 6.19. The molecule has 0 fully saturated rings. The summed E-state index contributed by atoms with van der Waals surface area (Å²) >= 11 is 0. The normalized spacial score (nSPS) is 14.5. The lowest BCUT2D eigenvalue weighted by Gasteiger charge is -2.23. The molecule has 1 amide bonds. The minimum Gasteiger partial charge on any atom is -0.369 e. The Morgan fingerprint density at radius 2 is 1.92 bits per heavy atom. The van der Waals surface area contributed by atoms with Gasteiger partial charge >= 0.3 is 0 Å². The van der Waals surface area contributed by atoms with Gasteiger partial charge in [0.15, 0.2) is 0 Å². The van der Waals surface area contributed by atoms with Gasteiger partial charge in [0.05, 0.1) is 12.7 Å². The van der Waals surface area contributed by atoms with Gasteiger partial charge in [0.25, 0.3) is 5.91 Å². The number of carbonyl (C=O) groups excluding carboxylic acids is 1. The Bertz CT molecular complexity index is 1150. The summed E-state index contributed by atoms with van der Waals surface area (Å²) in [6, 6.07) is 18.4. The molecule has 4 rings (SSSR count). The largest absolute Gasteiger partial charge is 0.369 e. The number of nitrogens with one attached hydrogen (secondary N) is 1. The Morgan fingerprint density at radius 1 is 1.11 bits per heavy atom. The van der Waals surface area contributed by atoms with Crippen molar-refractivity contribution < 1.29 is 9.53 Å². The molecule has 0 bridgehead atoms. The molecular weight excluding hydrogens is 452 g/mol. The van der Waals surface area contributed by atoms with Gasteiger partial charge in [0.1, 0.15) is 11.4 Å². The van der Waals surface area contributed by atoms with Crippen LogP contribution >= 0.6 is 0 Å². The highest BCUT2D eigenvalue weighted by Crippen LogP contribution is 2.28. The molecular formula is C28H36N6O2. The highest BCUT2D eigenvalue weighted by atomic mass is 16.5. The van der Waals surface area contributed by atoms with E-state index in [2.05, 4.69) is 46.4 Å². The lowest BCUT2D eigenvalue weighted by Crippen LogP contribution is -2.33. The van der Waals surface area contributed by atoms with Crippen LogP contribution in [-0.4, -0.2) is 68.1 Å². The SMILES string of the molecule is CCNc1ncc2c(n1)N(C)CCN(c1cccc(CO[C@H](CCN(C)C)c3ccccc3)c1)C2=O. The van der Waals surface area contributed by atoms with Gasteiger partial charge in [-0.25, -0.2) is 4.98 Å². The van der Waals surface area contributed by atoms with Gasteiger partial charge in [-0.3, -0.25) is 4.79 Å². The predicted molar refractivity (Wildman–Crippen MR) is 145 cm³/mol. The number of amides is 1. The molecule has 1 aromatic heterocycles. The standard InChI is InChI=1S/C28H36N6O2/c1-5-29-28-30-19-24-26(31-28)33(4)16-17-34(27(24)35)23-13-9-10-21(18-23)20-36-25(14-15-32(2)3)22-11-7-6-8-12-22/h6-13,18-19,25H,5,14-17,20H2,1-4H3,(H,29,30,31)/t25-/m1/s1. The average molecular weight is 489 g/mol. The van der Waals surface area contributed by atoms with Gasteiger partial charge in [-0.15, -0.1) is 0 Å². The molecule has 2 aromatic carbocycles. The zero-order valence-electron chi connectivity index (χ0n) is 21.6. The summed E-state index contributed by atoms with van der Waals surface area (Å²) in [5.74, 6) is 1.09. The molecule has 8 nitrogen and oxygen atoms in total. The Morgan fingerprint density at radius 3 is 2.67 bits per heavy atom. The van der Waals surface area contributed by atoms with Crippen LogP contribution < -0.4 is 15.1 Å². The number of likely N-dealkylation sites (N-methyl/N-ethyl adjacent to an activating group) is 1. The molecule has 190 valence electrons. The Balaban J connectivity index is 1.52. The third-order valence-electron chi connectivity index (χ3n) is 6.28. The molecule has 1 atom stereocenters. The second-order valence-electron chi connectivity index (χ2n) is 9.31. The number of benzene rings is 2. The molecule has 0 aliphatic carbocycles. The van der Waals surface area contributed by atoms with E-state index in [9.17, 15) is 4.79 Å². The van der Waals surface area contributed by atoms with E-state index in [1.165, 1.54) is 5.56 Å². The number of hydrogen-bond acceptors (Lipinski definition) is 7. The van der Waals surface area contributed by atoms with Crippen molar-refractivity contribution in [1.29, 1.82) is 0 Å². The monoisotopic (exact) mass is 488 g/mol. The number of fused-ring (bicyclic) bond motifs is 1. The highest BCUT2D eigenvalue weighted by Gasteiger charge is 2.28. The molecule has 0 saturated heterocycles. The van der Waals surface area contributed by atoms with Gasteiger partial charge < -0.3 is 24.8 Å². The number of carbonyl (C=O) groups is 1. The first-order valence-electron chi connectivity index (χ1n) is 12.5. The van der Waals surface area contributed by atoms with Crippen molar-refractivity contribution in [1.82, 2.24) is 14.9 Å². The molecule has 1 aliphatic heterocycles. The van der Waals surface area contributed by atoms with Gasteiger partial charge in [-0.1, -0.05) is 42.5 Å². The fourth-order valence-corrected chi connectivity index (χ4v) is 4.31. The Hall–Kier alpha value is -3.49. The van der Waals surface area contributed by atoms with Crippen LogP contribution in [0.2, 0.25) is 0 Å². The molecule has 36 heavy (non-hydrogen) atoms. The maximum absolute atomic E-state index is 13.5. The van der Waals surface area contributed by atoms with Crippen molar-refractivity contribution in [2.75, 3.05) is 62.4 Å². The van der Waals surface area contributed by atoms with Crippen LogP contribution in [0.15, 0.2) is 60.8 Å². The van der Waals surface area contributed by atoms with Gasteiger partial charge in [-0.2, -0.15) is 4.98 Å². The minimum absolute atomic E-state index is 0.000626. The number of nitrogens with zero attached hydrogens (tertiary/aromatic N) is 5. The van der Waals surface area contributed by atoms with E-state index in [-0.39, 0.29) is 12.0 Å². The molecule has 1 N–H and O–H groups in total. The topological polar surface area (TPSA) is 73.8 Å². The summed E-state index contributed by atoms with van der Waals surface area (Å²) in [6.07, 6.45) is 2.53. The molecule has 0 spiro atoms. The molecule has 8 heteroatoms. The Kier molecular flexibility index (Phi) is 8.51. The molecule has 0 unspecified atom stereocenters. The lowest BCUT2D eigenvalue weighted by atomic mass is 10.1. The van der Waals surface area contributed by atoms with Crippen LogP contribution in [0.4, 0.5) is 17.5 Å². The fourth-order valence-electron chi connectivity index (χ4n) is 4.31. The van der Waals surface area contributed by atoms with Crippen molar-refractivity contribution in [2.24, 2.45) is 0 Å². The van der Waals surface area contributed by atoms with Crippen LogP contribution in [0.3, 0.4) is 0 Å². The molecule has 1 aliphatic rings. The summed E-state index contributed by atoms with van der Waals surface area (Å²) in [5.41, 5.74) is 3.56. The molecule has 3 aromatic rings.